The lowest BCUT2D eigenvalue weighted by atomic mass is 10.0. The Morgan fingerprint density at radius 2 is 1.95 bits per heavy atom. The van der Waals surface area contributed by atoms with E-state index in [0.29, 0.717) is 0 Å². The van der Waals surface area contributed by atoms with Crippen LogP contribution in [-0.2, 0) is 4.79 Å². The second kappa shape index (κ2) is 9.25. The van der Waals surface area contributed by atoms with Gasteiger partial charge in [0, 0.05) is 0 Å². The summed E-state index contributed by atoms with van der Waals surface area (Å²) in [5.41, 5.74) is 0. The molecule has 0 aromatic heterocycles. The molecule has 2 amide bonds. The van der Waals surface area contributed by atoms with Gasteiger partial charge in [0.15, 0.2) is 0 Å². The fraction of sp³-hybridized carbons (Fsp3) is 0.778. The number of hydrogen-bond acceptors (Lipinski definition) is 8. The van der Waals surface area contributed by atoms with Gasteiger partial charge in [-0.2, -0.15) is 5.01 Å². The SMILES string of the molecule is O=C[C@H](NC(=O)N(CCF)N=O)[C@H](O)[C@H](O)[C@H](O)CO. The van der Waals surface area contributed by atoms with Crippen molar-refractivity contribution in [1.29, 1.82) is 0 Å². The number of nitroso groups, excluding NO2 is 1. The Morgan fingerprint density at radius 3 is 2.35 bits per heavy atom. The van der Waals surface area contributed by atoms with Crippen LogP contribution < -0.4 is 5.32 Å². The quantitative estimate of drug-likeness (QED) is 0.176. The molecule has 20 heavy (non-hydrogen) atoms. The molecule has 0 saturated carbocycles. The highest BCUT2D eigenvalue weighted by atomic mass is 19.1. The molecule has 0 bridgehead atoms. The maximum Gasteiger partial charge on any atom is 0.341 e. The van der Waals surface area contributed by atoms with Gasteiger partial charge in [-0.3, -0.25) is 0 Å². The van der Waals surface area contributed by atoms with Gasteiger partial charge in [0.1, 0.15) is 37.3 Å². The highest BCUT2D eigenvalue weighted by Gasteiger charge is 2.33. The summed E-state index contributed by atoms with van der Waals surface area (Å²) in [6.45, 7) is -2.60. The first-order valence-corrected chi connectivity index (χ1v) is 5.50. The molecule has 0 saturated heterocycles. The van der Waals surface area contributed by atoms with Crippen molar-refractivity contribution in [3.8, 4) is 0 Å². The molecule has 0 heterocycles. The molecule has 0 fully saturated rings. The molecule has 0 aliphatic carbocycles. The zero-order valence-corrected chi connectivity index (χ0v) is 10.3. The highest BCUT2D eigenvalue weighted by molar-refractivity contribution is 5.78. The lowest BCUT2D eigenvalue weighted by Crippen LogP contribution is -2.55. The van der Waals surface area contributed by atoms with E-state index in [9.17, 15) is 29.1 Å². The minimum atomic E-state index is -1.95. The van der Waals surface area contributed by atoms with Gasteiger partial charge in [0.05, 0.1) is 18.4 Å². The van der Waals surface area contributed by atoms with Gasteiger partial charge >= 0.3 is 6.03 Å². The molecule has 0 aromatic rings. The number of carbonyl (C=O) groups is 2. The molecular formula is C9H16FN3O7. The standard InChI is InChI=1S/C9H16FN3O7/c10-1-2-13(12-20)9(19)11-5(3-14)7(17)8(18)6(16)4-15/h3,5-8,15-18H,1-2,4H2,(H,11,19)/t5-,6+,7-,8+/m0/s1. The largest absolute Gasteiger partial charge is 0.394 e. The van der Waals surface area contributed by atoms with E-state index in [1.807, 2.05) is 5.32 Å². The van der Waals surface area contributed by atoms with Crippen LogP contribution in [0.4, 0.5) is 9.18 Å². The third-order valence-electron chi connectivity index (χ3n) is 2.37. The van der Waals surface area contributed by atoms with E-state index in [1.54, 1.807) is 0 Å². The third kappa shape index (κ3) is 5.13. The molecule has 0 rings (SSSR count). The Kier molecular flexibility index (Phi) is 8.47. The lowest BCUT2D eigenvalue weighted by molar-refractivity contribution is -0.119. The molecular weight excluding hydrogens is 281 g/mol. The average molecular weight is 297 g/mol. The Balaban J connectivity index is 4.72. The summed E-state index contributed by atoms with van der Waals surface area (Å²) in [5, 5.41) is 40.8. The number of nitrogens with zero attached hydrogens (tertiary/aromatic N) is 2. The smallest absolute Gasteiger partial charge is 0.341 e. The van der Waals surface area contributed by atoms with E-state index in [2.05, 4.69) is 5.29 Å². The van der Waals surface area contributed by atoms with Crippen LogP contribution in [0.3, 0.4) is 0 Å². The molecule has 116 valence electrons. The van der Waals surface area contributed by atoms with Crippen molar-refractivity contribution >= 4 is 12.3 Å². The predicted octanol–water partition coefficient (Wildman–Crippen LogP) is -2.71. The number of amides is 2. The van der Waals surface area contributed by atoms with Crippen LogP contribution in [-0.4, -0.2) is 81.9 Å². The summed E-state index contributed by atoms with van der Waals surface area (Å²) in [5.74, 6) is 0. The number of rotatable bonds is 9. The summed E-state index contributed by atoms with van der Waals surface area (Å²) >= 11 is 0. The first kappa shape index (κ1) is 18.3. The van der Waals surface area contributed by atoms with E-state index in [-0.39, 0.29) is 11.3 Å². The van der Waals surface area contributed by atoms with Crippen LogP contribution in [0.2, 0.25) is 0 Å². The van der Waals surface area contributed by atoms with Crippen molar-refractivity contribution in [1.82, 2.24) is 10.3 Å². The van der Waals surface area contributed by atoms with Gasteiger partial charge in [-0.25, -0.2) is 9.18 Å². The maximum absolute atomic E-state index is 12.0. The number of halogens is 1. The van der Waals surface area contributed by atoms with E-state index < -0.39 is 50.2 Å². The second-order valence-electron chi connectivity index (χ2n) is 3.74. The first-order chi connectivity index (χ1) is 9.42. The highest BCUT2D eigenvalue weighted by Crippen LogP contribution is 2.05. The van der Waals surface area contributed by atoms with Crippen molar-refractivity contribution in [3.05, 3.63) is 4.91 Å². The van der Waals surface area contributed by atoms with Crippen LogP contribution in [0.15, 0.2) is 5.29 Å². The topological polar surface area (TPSA) is 160 Å². The number of nitrogens with one attached hydrogen (secondary N) is 1. The lowest BCUT2D eigenvalue weighted by Gasteiger charge is -2.26. The molecule has 0 aliphatic rings. The molecule has 11 heteroatoms. The number of aliphatic hydroxyl groups is 4. The number of urea groups is 1. The summed E-state index contributed by atoms with van der Waals surface area (Å²) in [7, 11) is 0. The van der Waals surface area contributed by atoms with E-state index >= 15 is 0 Å². The predicted molar refractivity (Wildman–Crippen MR) is 62.0 cm³/mol. The molecule has 0 unspecified atom stereocenters. The Morgan fingerprint density at radius 1 is 1.35 bits per heavy atom. The Bertz CT molecular complexity index is 333. The van der Waals surface area contributed by atoms with Crippen LogP contribution in [0.5, 0.6) is 0 Å². The maximum atomic E-state index is 12.0. The molecule has 0 aliphatic heterocycles. The summed E-state index contributed by atoms with van der Waals surface area (Å²) in [6, 6.07) is -2.96. The monoisotopic (exact) mass is 297 g/mol. The molecule has 10 nitrogen and oxygen atoms in total. The number of carbonyl (C=O) groups excluding carboxylic acids is 2. The number of alkyl halides is 1. The fourth-order valence-electron chi connectivity index (χ4n) is 1.22. The van der Waals surface area contributed by atoms with Crippen molar-refractivity contribution < 1.29 is 34.4 Å². The van der Waals surface area contributed by atoms with Gasteiger partial charge in [0.2, 0.25) is 0 Å². The average Bonchev–Trinajstić information content (AvgIpc) is 2.47. The first-order valence-electron chi connectivity index (χ1n) is 5.50. The van der Waals surface area contributed by atoms with Crippen molar-refractivity contribution in [2.24, 2.45) is 5.29 Å². The molecule has 0 spiro atoms. The molecule has 0 aromatic carbocycles. The normalized spacial score (nSPS) is 16.6. The third-order valence-corrected chi connectivity index (χ3v) is 2.37. The Hall–Kier alpha value is -1.69. The zero-order valence-electron chi connectivity index (χ0n) is 10.3. The van der Waals surface area contributed by atoms with Gasteiger partial charge < -0.3 is 30.5 Å². The summed E-state index contributed by atoms with van der Waals surface area (Å²) in [6.07, 6.45) is -5.57. The van der Waals surface area contributed by atoms with Crippen molar-refractivity contribution in [2.45, 2.75) is 24.4 Å². The number of aldehydes is 1. The fourth-order valence-corrected chi connectivity index (χ4v) is 1.22. The van der Waals surface area contributed by atoms with Crippen LogP contribution in [0, 0.1) is 4.91 Å². The zero-order chi connectivity index (χ0) is 15.7. The molecule has 4 atom stereocenters. The Labute approximate surface area is 112 Å². The van der Waals surface area contributed by atoms with Crippen LogP contribution >= 0.6 is 0 Å². The number of aliphatic hydroxyl groups excluding tert-OH is 4. The second-order valence-corrected chi connectivity index (χ2v) is 3.74. The van der Waals surface area contributed by atoms with Gasteiger partial charge in [0.25, 0.3) is 0 Å². The molecule has 0 radical (unpaired) electrons. The van der Waals surface area contributed by atoms with Crippen molar-refractivity contribution in [2.75, 3.05) is 19.8 Å². The molecule has 5 N–H and O–H groups in total. The minimum absolute atomic E-state index is 0.0360. The summed E-state index contributed by atoms with van der Waals surface area (Å²) < 4.78 is 12.0. The van der Waals surface area contributed by atoms with E-state index in [0.717, 1.165) is 0 Å². The number of hydrogen-bond donors (Lipinski definition) is 5. The van der Waals surface area contributed by atoms with E-state index in [4.69, 9.17) is 10.2 Å². The van der Waals surface area contributed by atoms with E-state index in [1.165, 1.54) is 0 Å². The van der Waals surface area contributed by atoms with Crippen molar-refractivity contribution in [3.63, 3.8) is 0 Å². The van der Waals surface area contributed by atoms with Gasteiger partial charge in [-0.05, 0) is 0 Å². The van der Waals surface area contributed by atoms with Crippen LogP contribution in [0.1, 0.15) is 0 Å². The van der Waals surface area contributed by atoms with Crippen LogP contribution in [0.25, 0.3) is 0 Å². The van der Waals surface area contributed by atoms with Gasteiger partial charge in [-0.15, -0.1) is 4.91 Å². The summed E-state index contributed by atoms with van der Waals surface area (Å²) in [4.78, 5) is 32.4. The minimum Gasteiger partial charge on any atom is -0.394 e. The van der Waals surface area contributed by atoms with Gasteiger partial charge in [-0.1, -0.05) is 0 Å².